The summed E-state index contributed by atoms with van der Waals surface area (Å²) in [5.41, 5.74) is 0. The average molecular weight is 108 g/mol. The summed E-state index contributed by atoms with van der Waals surface area (Å²) in [5.74, 6) is 0. The van der Waals surface area contributed by atoms with E-state index in [1.807, 2.05) is 0 Å². The van der Waals surface area contributed by atoms with Crippen LogP contribution in [0.15, 0.2) is 37.0 Å². The molecule has 8 heavy (non-hydrogen) atoms. The molecule has 0 aromatic carbocycles. The molecule has 0 saturated carbocycles. The van der Waals surface area contributed by atoms with E-state index in [4.69, 9.17) is 0 Å². The van der Waals surface area contributed by atoms with Gasteiger partial charge in [0.25, 0.3) is 0 Å². The van der Waals surface area contributed by atoms with Crippen molar-refractivity contribution in [3.05, 3.63) is 37.0 Å². The highest BCUT2D eigenvalue weighted by molar-refractivity contribution is 5.65. The maximum Gasteiger partial charge on any atom is 0.142 e. The Morgan fingerprint density at radius 1 is 1.00 bits per heavy atom. The molecular weight excluding hydrogens is 100 g/mol. The monoisotopic (exact) mass is 108 g/mol. The van der Waals surface area contributed by atoms with E-state index in [9.17, 15) is 4.79 Å². The molecule has 0 aromatic heterocycles. The van der Waals surface area contributed by atoms with Crippen LogP contribution in [0.2, 0.25) is 0 Å². The molecule has 0 spiro atoms. The van der Waals surface area contributed by atoms with Crippen molar-refractivity contribution < 1.29 is 4.79 Å². The summed E-state index contributed by atoms with van der Waals surface area (Å²) in [6, 6.07) is 0. The highest BCUT2D eigenvalue weighted by Crippen LogP contribution is 1.73. The van der Waals surface area contributed by atoms with Gasteiger partial charge in [0.2, 0.25) is 0 Å². The Balaban J connectivity index is 3.41. The summed E-state index contributed by atoms with van der Waals surface area (Å²) < 4.78 is 0. The summed E-state index contributed by atoms with van der Waals surface area (Å²) >= 11 is 0. The second-order valence-corrected chi connectivity index (χ2v) is 1.14. The van der Waals surface area contributed by atoms with Gasteiger partial charge in [-0.1, -0.05) is 30.9 Å². The normalized spacial score (nSPS) is 10.5. The maximum absolute atomic E-state index is 9.62. The highest BCUT2D eigenvalue weighted by Gasteiger charge is 1.57. The maximum atomic E-state index is 9.62. The highest BCUT2D eigenvalue weighted by atomic mass is 16.1. The van der Waals surface area contributed by atoms with E-state index in [1.165, 1.54) is 6.08 Å². The molecule has 1 nitrogen and oxygen atoms in total. The van der Waals surface area contributed by atoms with Crippen LogP contribution in [0.4, 0.5) is 0 Å². The van der Waals surface area contributed by atoms with Crippen LogP contribution < -0.4 is 0 Å². The fourth-order valence-electron chi connectivity index (χ4n) is 0.252. The summed E-state index contributed by atoms with van der Waals surface area (Å²) in [4.78, 5) is 9.62. The Kier molecular flexibility index (Phi) is 5.07. The van der Waals surface area contributed by atoms with Gasteiger partial charge in [0.15, 0.2) is 0 Å². The minimum absolute atomic E-state index is 0.730. The van der Waals surface area contributed by atoms with Crippen LogP contribution in [-0.4, -0.2) is 6.29 Å². The number of allylic oxidation sites excluding steroid dienone is 5. The van der Waals surface area contributed by atoms with Crippen molar-refractivity contribution >= 4 is 6.29 Å². The second-order valence-electron chi connectivity index (χ2n) is 1.14. The lowest BCUT2D eigenvalue weighted by Crippen LogP contribution is -1.54. The summed E-state index contributed by atoms with van der Waals surface area (Å²) in [6.07, 6.45) is 8.93. The van der Waals surface area contributed by atoms with Crippen LogP contribution in [0.1, 0.15) is 0 Å². The van der Waals surface area contributed by atoms with Gasteiger partial charge in [0.05, 0.1) is 0 Å². The van der Waals surface area contributed by atoms with Crippen molar-refractivity contribution in [3.8, 4) is 0 Å². The van der Waals surface area contributed by atoms with E-state index >= 15 is 0 Å². The molecule has 0 atom stereocenters. The van der Waals surface area contributed by atoms with Gasteiger partial charge in [-0.15, -0.1) is 0 Å². The number of rotatable bonds is 3. The summed E-state index contributed by atoms with van der Waals surface area (Å²) in [7, 11) is 0. The van der Waals surface area contributed by atoms with Gasteiger partial charge < -0.3 is 0 Å². The first kappa shape index (κ1) is 6.89. The molecule has 0 aromatic rings. The number of hydrogen-bond acceptors (Lipinski definition) is 1. The van der Waals surface area contributed by atoms with Gasteiger partial charge in [0, 0.05) is 0 Å². The minimum Gasteiger partial charge on any atom is -0.299 e. The number of hydrogen-bond donors (Lipinski definition) is 0. The largest absolute Gasteiger partial charge is 0.299 e. The summed E-state index contributed by atoms with van der Waals surface area (Å²) in [6.45, 7) is 3.45. The van der Waals surface area contributed by atoms with Gasteiger partial charge in [-0.25, -0.2) is 0 Å². The van der Waals surface area contributed by atoms with Crippen molar-refractivity contribution in [3.63, 3.8) is 0 Å². The standard InChI is InChI=1S/C7H8O/c1-2-3-4-5-6-7-8/h2-7H,1H2/b4-3?,6-5+. The average Bonchev–Trinajstić information content (AvgIpc) is 1.81. The molecule has 0 aliphatic carbocycles. The van der Waals surface area contributed by atoms with Gasteiger partial charge in [-0.3, -0.25) is 4.79 Å². The van der Waals surface area contributed by atoms with Crippen molar-refractivity contribution in [2.75, 3.05) is 0 Å². The van der Waals surface area contributed by atoms with Crippen LogP contribution in [0.25, 0.3) is 0 Å². The van der Waals surface area contributed by atoms with Crippen LogP contribution in [0, 0.1) is 0 Å². The molecule has 0 amide bonds. The molecule has 0 aliphatic heterocycles. The van der Waals surface area contributed by atoms with Crippen LogP contribution in [-0.2, 0) is 4.79 Å². The Bertz CT molecular complexity index is 104. The predicted octanol–water partition coefficient (Wildman–Crippen LogP) is 1.48. The van der Waals surface area contributed by atoms with Gasteiger partial charge >= 0.3 is 0 Å². The van der Waals surface area contributed by atoms with E-state index in [0.717, 1.165) is 6.29 Å². The smallest absolute Gasteiger partial charge is 0.142 e. The van der Waals surface area contributed by atoms with Crippen molar-refractivity contribution in [1.29, 1.82) is 0 Å². The quantitative estimate of drug-likeness (QED) is 0.304. The third kappa shape index (κ3) is 4.89. The topological polar surface area (TPSA) is 17.1 Å². The molecule has 1 heteroatoms. The number of carbonyl (C=O) groups is 1. The van der Waals surface area contributed by atoms with E-state index in [0.29, 0.717) is 0 Å². The zero-order valence-corrected chi connectivity index (χ0v) is 4.58. The van der Waals surface area contributed by atoms with E-state index in [-0.39, 0.29) is 0 Å². The minimum atomic E-state index is 0.730. The van der Waals surface area contributed by atoms with Crippen LogP contribution in [0.3, 0.4) is 0 Å². The van der Waals surface area contributed by atoms with Crippen LogP contribution >= 0.6 is 0 Å². The van der Waals surface area contributed by atoms with Crippen molar-refractivity contribution in [1.82, 2.24) is 0 Å². The molecule has 0 bridgehead atoms. The molecular formula is C7H8O. The third-order valence-corrected chi connectivity index (χ3v) is 0.548. The molecule has 0 radical (unpaired) electrons. The summed E-state index contributed by atoms with van der Waals surface area (Å²) in [5, 5.41) is 0. The van der Waals surface area contributed by atoms with Gasteiger partial charge in [-0.2, -0.15) is 0 Å². The third-order valence-electron chi connectivity index (χ3n) is 0.548. The van der Waals surface area contributed by atoms with E-state index < -0.39 is 0 Å². The number of aldehydes is 1. The molecule has 0 heterocycles. The lowest BCUT2D eigenvalue weighted by molar-refractivity contribution is -0.104. The Morgan fingerprint density at radius 3 is 2.12 bits per heavy atom. The molecule has 0 rings (SSSR count). The van der Waals surface area contributed by atoms with Gasteiger partial charge in [0.1, 0.15) is 6.29 Å². The van der Waals surface area contributed by atoms with E-state index in [2.05, 4.69) is 6.58 Å². The number of carbonyl (C=O) groups excluding carboxylic acids is 1. The molecule has 0 unspecified atom stereocenters. The zero-order chi connectivity index (χ0) is 6.24. The van der Waals surface area contributed by atoms with Crippen molar-refractivity contribution in [2.24, 2.45) is 0 Å². The SMILES string of the molecule is C=CC=C/C=C/C=O. The first-order valence-electron chi connectivity index (χ1n) is 2.31. The van der Waals surface area contributed by atoms with Crippen LogP contribution in [0.5, 0.6) is 0 Å². The molecule has 42 valence electrons. The Hall–Kier alpha value is -1.11. The Morgan fingerprint density at radius 2 is 1.62 bits per heavy atom. The van der Waals surface area contributed by atoms with Crippen molar-refractivity contribution in [2.45, 2.75) is 0 Å². The Labute approximate surface area is 49.0 Å². The predicted molar refractivity (Wildman–Crippen MR) is 34.5 cm³/mol. The lowest BCUT2D eigenvalue weighted by Gasteiger charge is -1.65. The van der Waals surface area contributed by atoms with E-state index in [1.54, 1.807) is 24.3 Å². The zero-order valence-electron chi connectivity index (χ0n) is 4.58. The fourth-order valence-corrected chi connectivity index (χ4v) is 0.252. The first-order valence-corrected chi connectivity index (χ1v) is 2.31. The lowest BCUT2D eigenvalue weighted by atomic mass is 10.4. The molecule has 0 N–H and O–H groups in total. The second kappa shape index (κ2) is 5.89. The molecule has 0 fully saturated rings. The first-order chi connectivity index (χ1) is 3.91. The molecule has 0 aliphatic rings. The van der Waals surface area contributed by atoms with Gasteiger partial charge in [-0.05, 0) is 6.08 Å². The fraction of sp³-hybridized carbons (Fsp3) is 0. The molecule has 0 saturated heterocycles.